The Bertz CT molecular complexity index is 922. The van der Waals surface area contributed by atoms with Crippen LogP contribution in [0.2, 0.25) is 10.3 Å². The molecular weight excluding hydrogens is 513 g/mol. The van der Waals surface area contributed by atoms with Crippen molar-refractivity contribution in [2.24, 2.45) is 11.8 Å². The van der Waals surface area contributed by atoms with E-state index in [1.807, 2.05) is 0 Å². The van der Waals surface area contributed by atoms with Crippen LogP contribution in [0, 0.1) is 11.8 Å². The molecule has 0 radical (unpaired) electrons. The Morgan fingerprint density at radius 2 is 1.43 bits per heavy atom. The predicted octanol–water partition coefficient (Wildman–Crippen LogP) is 2.79. The van der Waals surface area contributed by atoms with Crippen LogP contribution in [0.5, 0.6) is 0 Å². The summed E-state index contributed by atoms with van der Waals surface area (Å²) >= 11 is 11.8. The number of aliphatic hydroxyl groups is 2. The summed E-state index contributed by atoms with van der Waals surface area (Å²) in [6, 6.07) is 3.82. The first-order valence-electron chi connectivity index (χ1n) is 12.0. The molecule has 3 aliphatic heterocycles. The molecule has 3 saturated heterocycles. The smallest absolute Gasteiger partial charge is 0.175 e. The Morgan fingerprint density at radius 3 is 1.94 bits per heavy atom. The van der Waals surface area contributed by atoms with E-state index in [0.29, 0.717) is 34.7 Å². The van der Waals surface area contributed by atoms with E-state index in [0.717, 1.165) is 76.3 Å². The highest BCUT2D eigenvalue weighted by molar-refractivity contribution is 6.33. The molecule has 9 nitrogen and oxygen atoms in total. The number of nitrogens with zero attached hydrogens (tertiary/aromatic N) is 6. The predicted molar refractivity (Wildman–Crippen MR) is 141 cm³/mol. The van der Waals surface area contributed by atoms with Crippen molar-refractivity contribution in [1.29, 1.82) is 0 Å². The van der Waals surface area contributed by atoms with Gasteiger partial charge in [-0.25, -0.2) is 0 Å². The topological polar surface area (TPSA) is 111 Å². The zero-order valence-electron chi connectivity index (χ0n) is 19.7. The first-order chi connectivity index (χ1) is 16.6. The van der Waals surface area contributed by atoms with Crippen LogP contribution in [0.1, 0.15) is 37.3 Å². The van der Waals surface area contributed by atoms with Gasteiger partial charge in [-0.3, -0.25) is 0 Å². The van der Waals surface area contributed by atoms with Gasteiger partial charge in [0.25, 0.3) is 0 Å². The van der Waals surface area contributed by atoms with Crippen molar-refractivity contribution in [2.75, 3.05) is 62.3 Å². The van der Waals surface area contributed by atoms with Crippen molar-refractivity contribution < 1.29 is 10.2 Å². The Morgan fingerprint density at radius 1 is 0.857 bits per heavy atom. The molecular formula is C23H34Cl3N7O2. The third kappa shape index (κ3) is 7.27. The van der Waals surface area contributed by atoms with Crippen LogP contribution in [-0.4, -0.2) is 83.1 Å². The normalized spacial score (nSPS) is 19.4. The van der Waals surface area contributed by atoms with Gasteiger partial charge in [-0.2, -0.15) is 10.2 Å². The van der Waals surface area contributed by atoms with Gasteiger partial charge in [-0.05, 0) is 43.6 Å². The van der Waals surface area contributed by atoms with Gasteiger partial charge >= 0.3 is 0 Å². The summed E-state index contributed by atoms with van der Waals surface area (Å²) in [5, 5.41) is 38.1. The fourth-order valence-corrected chi connectivity index (χ4v) is 5.01. The number of aliphatic hydroxyl groups excluding tert-OH is 2. The third-order valence-electron chi connectivity index (χ3n) is 7.02. The Kier molecular flexibility index (Phi) is 11.0. The van der Waals surface area contributed by atoms with Crippen LogP contribution in [-0.2, 0) is 0 Å². The molecule has 2 aromatic heterocycles. The van der Waals surface area contributed by atoms with Gasteiger partial charge in [0.1, 0.15) is 0 Å². The molecule has 2 aromatic rings. The van der Waals surface area contributed by atoms with Crippen molar-refractivity contribution >= 4 is 47.0 Å². The highest BCUT2D eigenvalue weighted by atomic mass is 35.5. The van der Waals surface area contributed by atoms with Crippen LogP contribution < -0.4 is 15.1 Å². The second kappa shape index (κ2) is 13.7. The average Bonchev–Trinajstić information content (AvgIpc) is 2.85. The molecule has 3 N–H and O–H groups in total. The SMILES string of the molecule is Cl.OCC1CCN(c2cc(Cl)nnc2Cl)CC1.OCC1CCN(c2ccnnc2C2CNC2)CC1. The second-order valence-corrected chi connectivity index (χ2v) is 9.97. The molecule has 5 rings (SSSR count). The highest BCUT2D eigenvalue weighted by Crippen LogP contribution is 2.31. The zero-order valence-corrected chi connectivity index (χ0v) is 22.0. The molecule has 3 fully saturated rings. The summed E-state index contributed by atoms with van der Waals surface area (Å²) in [7, 11) is 0. The minimum absolute atomic E-state index is 0. The second-order valence-electron chi connectivity index (χ2n) is 9.23. The lowest BCUT2D eigenvalue weighted by atomic mass is 9.94. The van der Waals surface area contributed by atoms with E-state index in [4.69, 9.17) is 28.3 Å². The molecule has 0 amide bonds. The van der Waals surface area contributed by atoms with Crippen LogP contribution in [0.4, 0.5) is 11.4 Å². The summed E-state index contributed by atoms with van der Waals surface area (Å²) in [5.41, 5.74) is 3.21. The lowest BCUT2D eigenvalue weighted by molar-refractivity contribution is 0.202. The molecule has 5 heterocycles. The van der Waals surface area contributed by atoms with E-state index in [9.17, 15) is 5.11 Å². The summed E-state index contributed by atoms with van der Waals surface area (Å²) in [6.45, 7) is 6.38. The third-order valence-corrected chi connectivity index (χ3v) is 7.48. The van der Waals surface area contributed by atoms with Crippen molar-refractivity contribution in [2.45, 2.75) is 31.6 Å². The molecule has 0 unspecified atom stereocenters. The molecule has 0 aromatic carbocycles. The van der Waals surface area contributed by atoms with E-state index in [1.54, 1.807) is 12.3 Å². The maximum atomic E-state index is 9.19. The number of nitrogens with one attached hydrogen (secondary N) is 1. The van der Waals surface area contributed by atoms with E-state index in [-0.39, 0.29) is 19.0 Å². The average molecular weight is 547 g/mol. The van der Waals surface area contributed by atoms with E-state index >= 15 is 0 Å². The number of hydrogen-bond acceptors (Lipinski definition) is 9. The fraction of sp³-hybridized carbons (Fsp3) is 0.652. The molecule has 0 atom stereocenters. The fourth-order valence-electron chi connectivity index (χ4n) is 4.66. The summed E-state index contributed by atoms with van der Waals surface area (Å²) in [5.74, 6) is 1.40. The maximum Gasteiger partial charge on any atom is 0.175 e. The number of rotatable bonds is 5. The minimum Gasteiger partial charge on any atom is -0.396 e. The van der Waals surface area contributed by atoms with E-state index < -0.39 is 0 Å². The van der Waals surface area contributed by atoms with Crippen molar-refractivity contribution in [1.82, 2.24) is 25.7 Å². The summed E-state index contributed by atoms with van der Waals surface area (Å²) in [6.07, 6.45) is 5.85. The number of hydrogen-bond donors (Lipinski definition) is 3. The molecule has 194 valence electrons. The molecule has 0 saturated carbocycles. The largest absolute Gasteiger partial charge is 0.396 e. The lowest BCUT2D eigenvalue weighted by Gasteiger charge is -2.36. The Hall–Kier alpha value is -1.49. The van der Waals surface area contributed by atoms with Gasteiger partial charge in [0.2, 0.25) is 0 Å². The molecule has 35 heavy (non-hydrogen) atoms. The quantitative estimate of drug-likeness (QED) is 0.521. The first kappa shape index (κ1) is 28.1. The van der Waals surface area contributed by atoms with Crippen LogP contribution >= 0.6 is 35.6 Å². The van der Waals surface area contributed by atoms with Gasteiger partial charge in [0, 0.05) is 64.5 Å². The first-order valence-corrected chi connectivity index (χ1v) is 12.8. The molecule has 12 heteroatoms. The van der Waals surface area contributed by atoms with Crippen molar-refractivity contribution in [3.63, 3.8) is 0 Å². The molecule has 0 spiro atoms. The van der Waals surface area contributed by atoms with Crippen molar-refractivity contribution in [3.8, 4) is 0 Å². The summed E-state index contributed by atoms with van der Waals surface area (Å²) < 4.78 is 0. The Balaban J connectivity index is 0.000000192. The molecule has 3 aliphatic rings. The monoisotopic (exact) mass is 545 g/mol. The minimum atomic E-state index is 0. The van der Waals surface area contributed by atoms with E-state index in [2.05, 4.69) is 41.6 Å². The van der Waals surface area contributed by atoms with Gasteiger partial charge < -0.3 is 25.3 Å². The molecule has 0 bridgehead atoms. The molecule has 0 aliphatic carbocycles. The number of anilines is 2. The van der Waals surface area contributed by atoms with Gasteiger partial charge in [0.05, 0.1) is 23.3 Å². The van der Waals surface area contributed by atoms with Gasteiger partial charge in [0.15, 0.2) is 10.3 Å². The van der Waals surface area contributed by atoms with Crippen LogP contribution in [0.3, 0.4) is 0 Å². The highest BCUT2D eigenvalue weighted by Gasteiger charge is 2.27. The lowest BCUT2D eigenvalue weighted by Crippen LogP contribution is -2.42. The van der Waals surface area contributed by atoms with E-state index in [1.165, 1.54) is 5.69 Å². The number of aromatic nitrogens is 4. The van der Waals surface area contributed by atoms with Crippen LogP contribution in [0.25, 0.3) is 0 Å². The maximum absolute atomic E-state index is 9.19. The summed E-state index contributed by atoms with van der Waals surface area (Å²) in [4.78, 5) is 4.53. The van der Waals surface area contributed by atoms with Crippen LogP contribution in [0.15, 0.2) is 18.3 Å². The standard InChI is InChI=1S/C13H20N4O.C10H13Cl2N3O.ClH/c18-9-10-2-5-17(6-3-10)12-1-4-15-16-13(12)11-7-14-8-11;11-9-5-8(10(12)14-13-9)15-3-1-7(6-16)2-4-15;/h1,4,10-11,14,18H,2-3,5-9H2;5,7,16H,1-4,6H2;1H. The zero-order chi connectivity index (χ0) is 23.9. The Labute approximate surface area is 222 Å². The number of piperidine rings is 2. The van der Waals surface area contributed by atoms with Gasteiger partial charge in [-0.1, -0.05) is 23.2 Å². The van der Waals surface area contributed by atoms with Crippen molar-refractivity contribution in [3.05, 3.63) is 34.3 Å². The number of halogens is 3. The van der Waals surface area contributed by atoms with Gasteiger partial charge in [-0.15, -0.1) is 22.6 Å².